The Balaban J connectivity index is 0.000000179. The van der Waals surface area contributed by atoms with Crippen LogP contribution in [0.5, 0.6) is 0 Å². The average Bonchev–Trinajstić information content (AvgIpc) is 3.60. The van der Waals surface area contributed by atoms with Crippen molar-refractivity contribution >= 4 is 39.5 Å². The normalized spacial score (nSPS) is 11.9. The van der Waals surface area contributed by atoms with Crippen LogP contribution in [0.3, 0.4) is 0 Å². The molecule has 0 spiro atoms. The SMILES string of the molecule is C1=[N+](c2ccccc2)C=C[N+]=1c1[c-]ccc2c1oc1ncccc12.Cc1ccc(-c2[c-]cccc2)nc1.[Ir]. The molecular formula is C32H22IrN4O. The van der Waals surface area contributed by atoms with Gasteiger partial charge in [-0.1, -0.05) is 44.9 Å². The van der Waals surface area contributed by atoms with Crippen molar-refractivity contribution in [3.8, 4) is 11.3 Å². The first-order chi connectivity index (χ1) is 18.3. The Morgan fingerprint density at radius 1 is 0.763 bits per heavy atom. The van der Waals surface area contributed by atoms with Crippen molar-refractivity contribution in [2.24, 2.45) is 0 Å². The van der Waals surface area contributed by atoms with E-state index in [1.807, 2.05) is 120 Å². The van der Waals surface area contributed by atoms with E-state index in [1.54, 1.807) is 6.20 Å². The first-order valence-corrected chi connectivity index (χ1v) is 11.9. The van der Waals surface area contributed by atoms with Gasteiger partial charge in [-0.05, 0) is 30.3 Å². The third-order valence-corrected chi connectivity index (χ3v) is 5.94. The van der Waals surface area contributed by atoms with Crippen molar-refractivity contribution in [2.45, 2.75) is 6.92 Å². The molecule has 3 aromatic carbocycles. The molecule has 7 rings (SSSR count). The maximum Gasteiger partial charge on any atom is 0.500 e. The number of rotatable bonds is 3. The maximum absolute atomic E-state index is 5.96. The quantitative estimate of drug-likeness (QED) is 0.147. The number of hydrogen-bond acceptors (Lipinski definition) is 3. The molecule has 0 N–H and O–H groups in total. The fourth-order valence-corrected chi connectivity index (χ4v) is 4.09. The molecule has 0 amide bonds. The zero-order valence-corrected chi connectivity index (χ0v) is 22.9. The van der Waals surface area contributed by atoms with Crippen LogP contribution in [0, 0.1) is 19.1 Å². The van der Waals surface area contributed by atoms with Crippen molar-refractivity contribution in [3.63, 3.8) is 0 Å². The monoisotopic (exact) mass is 671 g/mol. The number of nitrogens with zero attached hydrogens (tertiary/aromatic N) is 4. The van der Waals surface area contributed by atoms with E-state index in [4.69, 9.17) is 4.42 Å². The van der Waals surface area contributed by atoms with E-state index in [1.165, 1.54) is 5.56 Å². The zero-order chi connectivity index (χ0) is 25.0. The Hall–Kier alpha value is -4.47. The van der Waals surface area contributed by atoms with Crippen LogP contribution in [-0.2, 0) is 20.1 Å². The van der Waals surface area contributed by atoms with Crippen LogP contribution in [0.4, 0.5) is 11.4 Å². The molecule has 5 nitrogen and oxygen atoms in total. The van der Waals surface area contributed by atoms with Crippen LogP contribution in [0.25, 0.3) is 33.3 Å². The van der Waals surface area contributed by atoms with Gasteiger partial charge in [0.05, 0.1) is 5.58 Å². The number of furan rings is 1. The Labute approximate surface area is 234 Å². The van der Waals surface area contributed by atoms with Gasteiger partial charge in [-0.25, -0.2) is 4.98 Å². The molecule has 0 bridgehead atoms. The summed E-state index contributed by atoms with van der Waals surface area (Å²) in [7, 11) is 0. The summed E-state index contributed by atoms with van der Waals surface area (Å²) in [5.74, 6) is 0. The Kier molecular flexibility index (Phi) is 7.48. The van der Waals surface area contributed by atoms with E-state index in [0.717, 1.165) is 39.0 Å². The van der Waals surface area contributed by atoms with Gasteiger partial charge in [0, 0.05) is 50.0 Å². The molecule has 1 radical (unpaired) electrons. The minimum atomic E-state index is 0. The Morgan fingerprint density at radius 2 is 1.61 bits per heavy atom. The fraction of sp³-hybridized carbons (Fsp3) is 0.0312. The van der Waals surface area contributed by atoms with E-state index in [0.29, 0.717) is 5.71 Å². The molecule has 0 atom stereocenters. The minimum absolute atomic E-state index is 0. The second kappa shape index (κ2) is 11.3. The van der Waals surface area contributed by atoms with Crippen molar-refractivity contribution in [1.29, 1.82) is 0 Å². The predicted molar refractivity (Wildman–Crippen MR) is 144 cm³/mol. The Bertz CT molecular complexity index is 1800. The summed E-state index contributed by atoms with van der Waals surface area (Å²) in [6.07, 6.45) is 7.51. The number of aryl methyl sites for hydroxylation is 1. The summed E-state index contributed by atoms with van der Waals surface area (Å²) in [4.78, 5) is 8.62. The van der Waals surface area contributed by atoms with E-state index in [9.17, 15) is 0 Å². The van der Waals surface area contributed by atoms with E-state index >= 15 is 0 Å². The van der Waals surface area contributed by atoms with E-state index < -0.39 is 0 Å². The first-order valence-electron chi connectivity index (χ1n) is 11.9. The molecule has 185 valence electrons. The third-order valence-electron chi connectivity index (χ3n) is 5.94. The predicted octanol–water partition coefficient (Wildman–Crippen LogP) is 7.28. The summed E-state index contributed by atoms with van der Waals surface area (Å²) >= 11 is 0. The van der Waals surface area contributed by atoms with Crippen molar-refractivity contribution in [2.75, 3.05) is 0 Å². The number of para-hydroxylation sites is 1. The van der Waals surface area contributed by atoms with Gasteiger partial charge in [-0.3, -0.25) is 0 Å². The molecule has 0 saturated heterocycles. The molecule has 6 heteroatoms. The topological polar surface area (TPSA) is 44.9 Å². The number of benzene rings is 3. The standard InChI is InChI=1S/C20H12N3O.C12H10N.Ir/c1-2-6-15(7-3-1)22-12-13-23(14-22)18-10-4-8-16-17-9-5-11-21-20(17)24-19(16)18;1-10-7-8-12(13-9-10)11-5-3-2-4-6-11;/h1-9,11-13H;2-5,7-9H,1H3;/q+1;-1;. The largest absolute Gasteiger partial charge is 0.500 e. The second-order valence-electron chi connectivity index (χ2n) is 8.50. The van der Waals surface area contributed by atoms with Crippen LogP contribution >= 0.6 is 0 Å². The van der Waals surface area contributed by atoms with Crippen molar-refractivity contribution in [3.05, 3.63) is 133 Å². The molecule has 0 saturated carbocycles. The van der Waals surface area contributed by atoms with Gasteiger partial charge < -0.3 is 9.40 Å². The van der Waals surface area contributed by atoms with Gasteiger partial charge >= 0.3 is 6.01 Å². The van der Waals surface area contributed by atoms with Crippen LogP contribution in [0.15, 0.2) is 120 Å². The van der Waals surface area contributed by atoms with Crippen molar-refractivity contribution in [1.82, 2.24) is 9.97 Å². The van der Waals surface area contributed by atoms with E-state index in [2.05, 4.69) is 34.2 Å². The number of aromatic nitrogens is 2. The van der Waals surface area contributed by atoms with Gasteiger partial charge in [-0.15, -0.1) is 42.0 Å². The molecule has 1 aliphatic heterocycles. The van der Waals surface area contributed by atoms with E-state index in [-0.39, 0.29) is 20.1 Å². The van der Waals surface area contributed by atoms with Gasteiger partial charge in [0.15, 0.2) is 5.69 Å². The van der Waals surface area contributed by atoms with Crippen LogP contribution in [0.1, 0.15) is 5.56 Å². The first kappa shape index (κ1) is 25.2. The van der Waals surface area contributed by atoms with Gasteiger partial charge in [0.1, 0.15) is 0 Å². The van der Waals surface area contributed by atoms with Gasteiger partial charge in [0.25, 0.3) is 12.4 Å². The molecule has 0 aliphatic carbocycles. The summed E-state index contributed by atoms with van der Waals surface area (Å²) in [5, 5.41) is 2.03. The second-order valence-corrected chi connectivity index (χ2v) is 8.50. The molecule has 0 fully saturated rings. The van der Waals surface area contributed by atoms with Crippen molar-refractivity contribution < 1.29 is 33.7 Å². The van der Waals surface area contributed by atoms with Crippen LogP contribution in [-0.4, -0.2) is 25.1 Å². The summed E-state index contributed by atoms with van der Waals surface area (Å²) < 4.78 is 9.79. The molecule has 0 unspecified atom stereocenters. The molecule has 6 aromatic rings. The molecule has 3 aromatic heterocycles. The molecule has 1 aliphatic rings. The Morgan fingerprint density at radius 3 is 2.39 bits per heavy atom. The fourth-order valence-electron chi connectivity index (χ4n) is 4.09. The number of hydrogen-bond donors (Lipinski definition) is 0. The molecular weight excluding hydrogens is 649 g/mol. The number of fused-ring (bicyclic) bond motifs is 3. The average molecular weight is 671 g/mol. The molecule has 4 heterocycles. The summed E-state index contributed by atoms with van der Waals surface area (Å²) in [6.45, 7) is 2.03. The zero-order valence-electron chi connectivity index (χ0n) is 20.5. The maximum atomic E-state index is 5.96. The molecule has 38 heavy (non-hydrogen) atoms. The number of pyridine rings is 2. The third kappa shape index (κ3) is 5.15. The summed E-state index contributed by atoms with van der Waals surface area (Å²) in [5.41, 5.74) is 6.47. The smallest absolute Gasteiger partial charge is 0.495 e. The van der Waals surface area contributed by atoms with Crippen LogP contribution in [0.2, 0.25) is 0 Å². The minimum Gasteiger partial charge on any atom is -0.495 e. The van der Waals surface area contributed by atoms with Crippen LogP contribution < -0.4 is 0 Å². The summed E-state index contributed by atoms with van der Waals surface area (Å²) in [6, 6.07) is 39.5. The van der Waals surface area contributed by atoms with Gasteiger partial charge in [0.2, 0.25) is 11.4 Å². The van der Waals surface area contributed by atoms with Gasteiger partial charge in [-0.2, -0.15) is 12.1 Å².